The number of hydrogen-bond donors (Lipinski definition) is 2. The van der Waals surface area contributed by atoms with E-state index in [1.54, 1.807) is 30.7 Å². The molecule has 5 nitrogen and oxygen atoms in total. The van der Waals surface area contributed by atoms with Crippen LogP contribution in [0.1, 0.15) is 15.2 Å². The topological polar surface area (TPSA) is 67.4 Å². The van der Waals surface area contributed by atoms with Gasteiger partial charge in [-0.15, -0.1) is 11.3 Å². The Morgan fingerprint density at radius 3 is 2.70 bits per heavy atom. The monoisotopic (exact) mass is 458 g/mol. The third-order valence-corrected chi connectivity index (χ3v) is 4.62. The van der Waals surface area contributed by atoms with Crippen molar-refractivity contribution in [2.75, 3.05) is 7.11 Å². The van der Waals surface area contributed by atoms with Crippen LogP contribution in [0.3, 0.4) is 0 Å². The number of carbonyl (C=O) groups excluding carboxylic acids is 2. The van der Waals surface area contributed by atoms with Gasteiger partial charge in [0, 0.05) is 16.1 Å². The second-order valence-corrected chi connectivity index (χ2v) is 6.98. The van der Waals surface area contributed by atoms with Crippen molar-refractivity contribution in [3.05, 3.63) is 55.1 Å². The highest BCUT2D eigenvalue weighted by Crippen LogP contribution is 2.33. The molecule has 0 saturated heterocycles. The van der Waals surface area contributed by atoms with Gasteiger partial charge in [-0.2, -0.15) is 0 Å². The molecule has 23 heavy (non-hydrogen) atoms. The van der Waals surface area contributed by atoms with Crippen molar-refractivity contribution in [1.29, 1.82) is 0 Å². The predicted octanol–water partition coefficient (Wildman–Crippen LogP) is 3.76. The maximum Gasteiger partial charge on any atom is 0.279 e. The number of thiophene rings is 1. The standard InChI is InChI=1S/C15H12Br2N2O3S/c1-22-14-9(7-10(16)8-11(14)17)4-5-13(20)18-19-15(21)12-3-2-6-23-12/h2-8H,1H3,(H,18,20)(H,19,21)/b5-4+. The van der Waals surface area contributed by atoms with E-state index >= 15 is 0 Å². The number of halogens is 2. The Kier molecular flexibility index (Phi) is 6.37. The number of amides is 2. The molecule has 0 unspecified atom stereocenters. The molecule has 1 aromatic carbocycles. The molecule has 2 aromatic rings. The van der Waals surface area contributed by atoms with Gasteiger partial charge in [-0.3, -0.25) is 20.4 Å². The number of benzene rings is 1. The van der Waals surface area contributed by atoms with Crippen molar-refractivity contribution in [1.82, 2.24) is 10.9 Å². The first kappa shape index (κ1) is 17.7. The summed E-state index contributed by atoms with van der Waals surface area (Å²) >= 11 is 8.06. The number of hydrazine groups is 1. The molecule has 2 amide bonds. The van der Waals surface area contributed by atoms with Crippen LogP contribution in [0.4, 0.5) is 0 Å². The van der Waals surface area contributed by atoms with Gasteiger partial charge in [0.2, 0.25) is 0 Å². The summed E-state index contributed by atoms with van der Waals surface area (Å²) in [7, 11) is 1.55. The molecule has 1 aromatic heterocycles. The van der Waals surface area contributed by atoms with Crippen molar-refractivity contribution in [2.24, 2.45) is 0 Å². The Labute approximate surface area is 154 Å². The van der Waals surface area contributed by atoms with Gasteiger partial charge in [0.15, 0.2) is 0 Å². The van der Waals surface area contributed by atoms with Gasteiger partial charge in [0.1, 0.15) is 5.75 Å². The van der Waals surface area contributed by atoms with E-state index in [9.17, 15) is 9.59 Å². The van der Waals surface area contributed by atoms with Gasteiger partial charge >= 0.3 is 0 Å². The molecule has 8 heteroatoms. The third kappa shape index (κ3) is 4.92. The molecule has 0 saturated carbocycles. The number of carbonyl (C=O) groups is 2. The molecule has 0 radical (unpaired) electrons. The normalized spacial score (nSPS) is 10.6. The summed E-state index contributed by atoms with van der Waals surface area (Å²) in [6, 6.07) is 7.10. The number of nitrogens with one attached hydrogen (secondary N) is 2. The highest BCUT2D eigenvalue weighted by Gasteiger charge is 2.08. The van der Waals surface area contributed by atoms with Crippen LogP contribution in [-0.4, -0.2) is 18.9 Å². The number of rotatable bonds is 4. The van der Waals surface area contributed by atoms with E-state index in [0.717, 1.165) is 8.95 Å². The summed E-state index contributed by atoms with van der Waals surface area (Å²) in [6.07, 6.45) is 2.91. The van der Waals surface area contributed by atoms with Crippen LogP contribution >= 0.6 is 43.2 Å². The average molecular weight is 460 g/mol. The first-order valence-electron chi connectivity index (χ1n) is 6.36. The van der Waals surface area contributed by atoms with E-state index < -0.39 is 5.91 Å². The third-order valence-electron chi connectivity index (χ3n) is 2.70. The van der Waals surface area contributed by atoms with E-state index in [4.69, 9.17) is 4.74 Å². The molecule has 0 spiro atoms. The molecule has 2 N–H and O–H groups in total. The van der Waals surface area contributed by atoms with Crippen molar-refractivity contribution in [2.45, 2.75) is 0 Å². The zero-order valence-corrected chi connectivity index (χ0v) is 15.9. The summed E-state index contributed by atoms with van der Waals surface area (Å²) in [6.45, 7) is 0. The lowest BCUT2D eigenvalue weighted by molar-refractivity contribution is -0.117. The molecule has 0 atom stereocenters. The van der Waals surface area contributed by atoms with E-state index in [1.807, 2.05) is 12.1 Å². The first-order valence-corrected chi connectivity index (χ1v) is 8.82. The molecule has 0 aliphatic rings. The van der Waals surface area contributed by atoms with Crippen LogP contribution in [-0.2, 0) is 4.79 Å². The number of ether oxygens (including phenoxy) is 1. The quantitative estimate of drug-likeness (QED) is 0.540. The van der Waals surface area contributed by atoms with E-state index in [2.05, 4.69) is 42.7 Å². The van der Waals surface area contributed by atoms with Crippen LogP contribution in [0.2, 0.25) is 0 Å². The maximum atomic E-state index is 11.8. The Morgan fingerprint density at radius 2 is 2.04 bits per heavy atom. The zero-order valence-electron chi connectivity index (χ0n) is 11.9. The van der Waals surface area contributed by atoms with Crippen molar-refractivity contribution in [3.8, 4) is 5.75 Å². The Hall–Kier alpha value is -1.64. The molecule has 0 aliphatic carbocycles. The van der Waals surface area contributed by atoms with Gasteiger partial charge in [-0.05, 0) is 45.6 Å². The minimum atomic E-state index is -0.451. The van der Waals surface area contributed by atoms with Crippen LogP contribution in [0, 0.1) is 0 Å². The van der Waals surface area contributed by atoms with E-state index in [-0.39, 0.29) is 5.91 Å². The Morgan fingerprint density at radius 1 is 1.26 bits per heavy atom. The summed E-state index contributed by atoms with van der Waals surface area (Å²) in [5, 5.41) is 1.79. The van der Waals surface area contributed by atoms with Crippen LogP contribution in [0.5, 0.6) is 5.75 Å². The predicted molar refractivity (Wildman–Crippen MR) is 97.4 cm³/mol. The van der Waals surface area contributed by atoms with Crippen LogP contribution < -0.4 is 15.6 Å². The van der Waals surface area contributed by atoms with Gasteiger partial charge in [-0.25, -0.2) is 0 Å². The maximum absolute atomic E-state index is 11.8. The summed E-state index contributed by atoms with van der Waals surface area (Å²) in [5.41, 5.74) is 5.38. The van der Waals surface area contributed by atoms with Crippen molar-refractivity contribution < 1.29 is 14.3 Å². The largest absolute Gasteiger partial charge is 0.495 e. The minimum absolute atomic E-state index is 0.357. The fourth-order valence-corrected chi connectivity index (χ4v) is 3.75. The van der Waals surface area contributed by atoms with Crippen LogP contribution in [0.25, 0.3) is 6.08 Å². The lowest BCUT2D eigenvalue weighted by Crippen LogP contribution is -2.40. The van der Waals surface area contributed by atoms with E-state index in [0.29, 0.717) is 16.2 Å². The molecular weight excluding hydrogens is 448 g/mol. The molecule has 2 rings (SSSR count). The number of hydrogen-bond acceptors (Lipinski definition) is 4. The summed E-state index contributed by atoms with van der Waals surface area (Å²) < 4.78 is 6.90. The first-order chi connectivity index (χ1) is 11.0. The summed E-state index contributed by atoms with van der Waals surface area (Å²) in [4.78, 5) is 24.0. The van der Waals surface area contributed by atoms with Gasteiger partial charge in [0.25, 0.3) is 11.8 Å². The van der Waals surface area contributed by atoms with Gasteiger partial charge < -0.3 is 4.74 Å². The SMILES string of the molecule is COc1c(Br)cc(Br)cc1/C=C/C(=O)NNC(=O)c1cccs1. The molecule has 0 bridgehead atoms. The fourth-order valence-electron chi connectivity index (χ4n) is 1.71. The molecule has 0 fully saturated rings. The smallest absolute Gasteiger partial charge is 0.279 e. The van der Waals surface area contributed by atoms with Gasteiger partial charge in [0.05, 0.1) is 16.5 Å². The second kappa shape index (κ2) is 8.28. The molecule has 0 aliphatic heterocycles. The zero-order chi connectivity index (χ0) is 16.8. The Balaban J connectivity index is 2.00. The average Bonchev–Trinajstić information content (AvgIpc) is 3.04. The van der Waals surface area contributed by atoms with E-state index in [1.165, 1.54) is 17.4 Å². The van der Waals surface area contributed by atoms with Crippen LogP contribution in [0.15, 0.2) is 44.7 Å². The minimum Gasteiger partial charge on any atom is -0.495 e. The second-order valence-electron chi connectivity index (χ2n) is 4.26. The van der Waals surface area contributed by atoms with Gasteiger partial charge in [-0.1, -0.05) is 22.0 Å². The number of methoxy groups -OCH3 is 1. The Bertz CT molecular complexity index is 745. The summed E-state index contributed by atoms with van der Waals surface area (Å²) in [5.74, 6) is -0.197. The molecule has 120 valence electrons. The molecular formula is C15H12Br2N2O3S. The van der Waals surface area contributed by atoms with Crippen molar-refractivity contribution >= 4 is 61.1 Å². The lowest BCUT2D eigenvalue weighted by Gasteiger charge is -2.08. The fraction of sp³-hybridized carbons (Fsp3) is 0.0667. The molecule has 1 heterocycles. The lowest BCUT2D eigenvalue weighted by atomic mass is 10.2. The van der Waals surface area contributed by atoms with Crippen molar-refractivity contribution in [3.63, 3.8) is 0 Å². The highest BCUT2D eigenvalue weighted by molar-refractivity contribution is 9.11. The highest BCUT2D eigenvalue weighted by atomic mass is 79.9.